The van der Waals surface area contributed by atoms with E-state index in [1.54, 1.807) is 47.7 Å². The third-order valence-electron chi connectivity index (χ3n) is 5.67. The van der Waals surface area contributed by atoms with Crippen LogP contribution in [0.15, 0.2) is 65.5 Å². The first kappa shape index (κ1) is 22.8. The van der Waals surface area contributed by atoms with Gasteiger partial charge in [-0.15, -0.1) is 0 Å². The van der Waals surface area contributed by atoms with Crippen molar-refractivity contribution in [3.63, 3.8) is 0 Å². The predicted octanol–water partition coefficient (Wildman–Crippen LogP) is 4.39. The first-order valence-corrected chi connectivity index (χ1v) is 10.9. The van der Waals surface area contributed by atoms with Crippen LogP contribution in [0.3, 0.4) is 0 Å². The zero-order chi connectivity index (χ0) is 24.4. The second kappa shape index (κ2) is 9.34. The molecule has 0 bridgehead atoms. The number of hydrogen-bond acceptors (Lipinski definition) is 7. The molecule has 1 amide bonds. The molecular weight excluding hydrogens is 463 g/mol. The minimum Gasteiger partial charge on any atom is -0.448 e. The molecule has 1 saturated heterocycles. The maximum absolute atomic E-state index is 13.0. The van der Waals surface area contributed by atoms with E-state index in [4.69, 9.17) is 9.15 Å². The summed E-state index contributed by atoms with van der Waals surface area (Å²) in [6.45, 7) is 3.18. The molecule has 180 valence electrons. The molecule has 35 heavy (non-hydrogen) atoms. The van der Waals surface area contributed by atoms with Crippen LogP contribution in [0.2, 0.25) is 0 Å². The van der Waals surface area contributed by atoms with Crippen molar-refractivity contribution in [1.29, 1.82) is 0 Å². The standard InChI is InChI=1S/C24H20F3N5O3/c25-24(26,27)17-2-6-21(29-14-17)35-18-3-5-19-16(13-18)1-4-20(30-19)23(33)32-10-8-31(9-11-32)15-22-28-7-12-34-22/h1-7,12-14H,8-11,15H2. The van der Waals surface area contributed by atoms with Crippen molar-refractivity contribution in [2.24, 2.45) is 0 Å². The average Bonchev–Trinajstić information content (AvgIpc) is 3.37. The number of carbonyl (C=O) groups excluding carboxylic acids is 1. The third-order valence-corrected chi connectivity index (χ3v) is 5.67. The fraction of sp³-hybridized carbons (Fsp3) is 0.250. The average molecular weight is 483 g/mol. The number of hydrogen-bond donors (Lipinski definition) is 0. The molecule has 0 atom stereocenters. The van der Waals surface area contributed by atoms with Gasteiger partial charge in [0.15, 0.2) is 0 Å². The molecule has 1 aromatic carbocycles. The number of benzene rings is 1. The maximum atomic E-state index is 13.0. The van der Waals surface area contributed by atoms with Crippen LogP contribution in [0.5, 0.6) is 11.6 Å². The highest BCUT2D eigenvalue weighted by Gasteiger charge is 2.30. The number of alkyl halides is 3. The zero-order valence-electron chi connectivity index (χ0n) is 18.4. The van der Waals surface area contributed by atoms with Crippen molar-refractivity contribution in [3.05, 3.63) is 78.3 Å². The van der Waals surface area contributed by atoms with Gasteiger partial charge in [0.05, 0.1) is 23.8 Å². The maximum Gasteiger partial charge on any atom is 0.417 e. The Morgan fingerprint density at radius 3 is 2.54 bits per heavy atom. The smallest absolute Gasteiger partial charge is 0.417 e. The van der Waals surface area contributed by atoms with E-state index in [0.717, 1.165) is 23.7 Å². The van der Waals surface area contributed by atoms with Gasteiger partial charge < -0.3 is 14.1 Å². The van der Waals surface area contributed by atoms with Crippen LogP contribution >= 0.6 is 0 Å². The summed E-state index contributed by atoms with van der Waals surface area (Å²) in [6.07, 6.45) is -0.577. The van der Waals surface area contributed by atoms with Crippen molar-refractivity contribution in [2.45, 2.75) is 12.7 Å². The topological polar surface area (TPSA) is 84.6 Å². The molecule has 3 aromatic heterocycles. The number of amides is 1. The first-order valence-electron chi connectivity index (χ1n) is 10.9. The molecule has 1 fully saturated rings. The molecule has 5 rings (SSSR count). The molecule has 0 N–H and O–H groups in total. The van der Waals surface area contributed by atoms with Crippen LogP contribution in [0.1, 0.15) is 21.9 Å². The minimum atomic E-state index is -4.46. The largest absolute Gasteiger partial charge is 0.448 e. The van der Waals surface area contributed by atoms with E-state index < -0.39 is 11.7 Å². The number of rotatable bonds is 5. The summed E-state index contributed by atoms with van der Waals surface area (Å²) in [5.41, 5.74) is 0.100. The van der Waals surface area contributed by atoms with Gasteiger partial charge in [0.1, 0.15) is 17.7 Å². The Labute approximate surface area is 198 Å². The fourth-order valence-corrected chi connectivity index (χ4v) is 3.81. The Bertz CT molecular complexity index is 1320. The predicted molar refractivity (Wildman–Crippen MR) is 119 cm³/mol. The SMILES string of the molecule is O=C(c1ccc2cc(Oc3ccc(C(F)(F)F)cn3)ccc2n1)N1CCN(Cc2ncco2)CC1. The third kappa shape index (κ3) is 5.24. The van der Waals surface area contributed by atoms with Crippen molar-refractivity contribution in [3.8, 4) is 11.6 Å². The normalized spacial score (nSPS) is 14.9. The van der Waals surface area contributed by atoms with Gasteiger partial charge in [-0.05, 0) is 30.3 Å². The molecule has 8 nitrogen and oxygen atoms in total. The van der Waals surface area contributed by atoms with Crippen LogP contribution in [0.25, 0.3) is 10.9 Å². The molecule has 11 heteroatoms. The Kier molecular flexibility index (Phi) is 6.08. The Hall–Kier alpha value is -3.99. The second-order valence-corrected chi connectivity index (χ2v) is 8.03. The van der Waals surface area contributed by atoms with Crippen LogP contribution in [0, 0.1) is 0 Å². The van der Waals surface area contributed by atoms with Crippen LogP contribution in [0.4, 0.5) is 13.2 Å². The zero-order valence-corrected chi connectivity index (χ0v) is 18.4. The van der Waals surface area contributed by atoms with Crippen LogP contribution in [-0.4, -0.2) is 56.8 Å². The number of halogens is 3. The van der Waals surface area contributed by atoms with E-state index in [1.807, 2.05) is 0 Å². The number of oxazole rings is 1. The molecule has 4 aromatic rings. The van der Waals surface area contributed by atoms with Gasteiger partial charge in [0.2, 0.25) is 11.8 Å². The molecule has 0 saturated carbocycles. The molecule has 0 spiro atoms. The van der Waals surface area contributed by atoms with Crippen molar-refractivity contribution < 1.29 is 27.1 Å². The summed E-state index contributed by atoms with van der Waals surface area (Å²) >= 11 is 0. The monoisotopic (exact) mass is 483 g/mol. The number of fused-ring (bicyclic) bond motifs is 1. The highest BCUT2D eigenvalue weighted by Crippen LogP contribution is 2.30. The fourth-order valence-electron chi connectivity index (χ4n) is 3.81. The number of nitrogens with zero attached hydrogens (tertiary/aromatic N) is 5. The van der Waals surface area contributed by atoms with Crippen molar-refractivity contribution in [2.75, 3.05) is 26.2 Å². The molecule has 1 aliphatic heterocycles. The lowest BCUT2D eigenvalue weighted by Gasteiger charge is -2.33. The van der Waals surface area contributed by atoms with Gasteiger partial charge in [0, 0.05) is 43.8 Å². The lowest BCUT2D eigenvalue weighted by molar-refractivity contribution is -0.137. The minimum absolute atomic E-state index is 0.0408. The summed E-state index contributed by atoms with van der Waals surface area (Å²) in [5.74, 6) is 0.947. The van der Waals surface area contributed by atoms with Crippen molar-refractivity contribution in [1.82, 2.24) is 24.8 Å². The first-order chi connectivity index (χ1) is 16.8. The van der Waals surface area contributed by atoms with Gasteiger partial charge in [-0.1, -0.05) is 6.07 Å². The molecule has 1 aliphatic rings. The number of aromatic nitrogens is 3. The summed E-state index contributed by atoms with van der Waals surface area (Å²) in [4.78, 5) is 29.3. The number of piperazine rings is 1. The Balaban J connectivity index is 1.23. The second-order valence-electron chi connectivity index (χ2n) is 8.03. The van der Waals surface area contributed by atoms with Gasteiger partial charge in [-0.25, -0.2) is 15.0 Å². The van der Waals surface area contributed by atoms with E-state index in [9.17, 15) is 18.0 Å². The van der Waals surface area contributed by atoms with Gasteiger partial charge in [-0.3, -0.25) is 9.69 Å². The number of carbonyl (C=O) groups is 1. The quantitative estimate of drug-likeness (QED) is 0.416. The van der Waals surface area contributed by atoms with E-state index in [2.05, 4.69) is 19.9 Å². The van der Waals surface area contributed by atoms with Crippen molar-refractivity contribution >= 4 is 16.8 Å². The van der Waals surface area contributed by atoms with E-state index >= 15 is 0 Å². The Morgan fingerprint density at radius 2 is 1.86 bits per heavy atom. The van der Waals surface area contributed by atoms with E-state index in [0.29, 0.717) is 55.6 Å². The highest BCUT2D eigenvalue weighted by molar-refractivity contribution is 5.95. The van der Waals surface area contributed by atoms with Gasteiger partial charge in [-0.2, -0.15) is 13.2 Å². The van der Waals surface area contributed by atoms with Crippen LogP contribution < -0.4 is 4.74 Å². The van der Waals surface area contributed by atoms with E-state index in [-0.39, 0.29) is 11.8 Å². The van der Waals surface area contributed by atoms with E-state index in [1.165, 1.54) is 0 Å². The summed E-state index contributed by atoms with van der Waals surface area (Å²) in [6, 6.07) is 10.5. The summed E-state index contributed by atoms with van der Waals surface area (Å²) in [5, 5.41) is 0.724. The van der Waals surface area contributed by atoms with Gasteiger partial charge in [0.25, 0.3) is 5.91 Å². The highest BCUT2D eigenvalue weighted by atomic mass is 19.4. The molecule has 4 heterocycles. The number of ether oxygens (including phenoxy) is 1. The summed E-state index contributed by atoms with van der Waals surface area (Å²) in [7, 11) is 0. The molecular formula is C24H20F3N5O3. The molecule has 0 aliphatic carbocycles. The Morgan fingerprint density at radius 1 is 1.03 bits per heavy atom. The summed E-state index contributed by atoms with van der Waals surface area (Å²) < 4.78 is 48.9. The number of pyridine rings is 2. The lowest BCUT2D eigenvalue weighted by atomic mass is 10.1. The molecule has 0 unspecified atom stereocenters. The van der Waals surface area contributed by atoms with Crippen LogP contribution in [-0.2, 0) is 12.7 Å². The lowest BCUT2D eigenvalue weighted by Crippen LogP contribution is -2.48. The van der Waals surface area contributed by atoms with Gasteiger partial charge >= 0.3 is 6.18 Å². The molecule has 0 radical (unpaired) electrons.